The largest absolute Gasteiger partial charge is 0.497 e. The van der Waals surface area contributed by atoms with E-state index in [4.69, 9.17) is 9.47 Å². The van der Waals surface area contributed by atoms with E-state index in [1.54, 1.807) is 25.1 Å². The zero-order valence-electron chi connectivity index (χ0n) is 16.5. The van der Waals surface area contributed by atoms with Gasteiger partial charge in [0.2, 0.25) is 0 Å². The van der Waals surface area contributed by atoms with Crippen LogP contribution in [0.3, 0.4) is 0 Å². The molecule has 1 fully saturated rings. The molecule has 3 aromatic rings. The highest BCUT2D eigenvalue weighted by Crippen LogP contribution is 2.31. The number of hydrogen-bond donors (Lipinski definition) is 0. The number of methoxy groups -OCH3 is 1. The lowest BCUT2D eigenvalue weighted by Gasteiger charge is -2.30. The van der Waals surface area contributed by atoms with Gasteiger partial charge in [0.15, 0.2) is 4.96 Å². The summed E-state index contributed by atoms with van der Waals surface area (Å²) in [4.78, 5) is 32.8. The predicted molar refractivity (Wildman–Crippen MR) is 110 cm³/mol. The highest BCUT2D eigenvalue weighted by Gasteiger charge is 2.29. The zero-order chi connectivity index (χ0) is 20.4. The molecule has 152 valence electrons. The summed E-state index contributed by atoms with van der Waals surface area (Å²) in [7, 11) is 1.65. The molecule has 1 saturated heterocycles. The molecule has 4 rings (SSSR count). The number of thiazole rings is 1. The van der Waals surface area contributed by atoms with E-state index in [1.165, 1.54) is 11.3 Å². The predicted octanol–water partition coefficient (Wildman–Crippen LogP) is 3.49. The summed E-state index contributed by atoms with van der Waals surface area (Å²) in [5, 5.41) is 0. The first-order chi connectivity index (χ1) is 14.1. The Morgan fingerprint density at radius 2 is 2.03 bits per heavy atom. The number of esters is 1. The van der Waals surface area contributed by atoms with Crippen LogP contribution in [0.4, 0.5) is 0 Å². The summed E-state index contributed by atoms with van der Waals surface area (Å²) < 4.78 is 12.3. The number of rotatable bonds is 5. The van der Waals surface area contributed by atoms with E-state index >= 15 is 0 Å². The highest BCUT2D eigenvalue weighted by molar-refractivity contribution is 7.20. The van der Waals surface area contributed by atoms with Gasteiger partial charge in [-0.15, -0.1) is 0 Å². The number of likely N-dealkylation sites (tertiary alicyclic amines) is 1. The van der Waals surface area contributed by atoms with Crippen LogP contribution in [0.2, 0.25) is 0 Å². The third-order valence-electron chi connectivity index (χ3n) is 5.13. The van der Waals surface area contributed by atoms with Gasteiger partial charge < -0.3 is 14.4 Å². The molecule has 2 aromatic heterocycles. The standard InChI is InChI=1S/C21H23N3O4S/c1-3-28-20(26)14-7-9-23(10-8-14)19(25)17-12-24-13-18(29-21(24)22-17)15-5-4-6-16(11-15)27-2/h4-6,11-14H,3,7-10H2,1-2H3. The quantitative estimate of drug-likeness (QED) is 0.599. The van der Waals surface area contributed by atoms with Crippen LogP contribution in [0.1, 0.15) is 30.3 Å². The normalized spacial score (nSPS) is 14.9. The first-order valence-electron chi connectivity index (χ1n) is 9.68. The maximum absolute atomic E-state index is 12.8. The van der Waals surface area contributed by atoms with Crippen LogP contribution in [-0.4, -0.2) is 53.0 Å². The van der Waals surface area contributed by atoms with Crippen LogP contribution in [0.5, 0.6) is 5.75 Å². The average Bonchev–Trinajstić information content (AvgIpc) is 3.33. The van der Waals surface area contributed by atoms with Gasteiger partial charge in [-0.3, -0.25) is 14.0 Å². The van der Waals surface area contributed by atoms with Crippen molar-refractivity contribution >= 4 is 28.2 Å². The molecule has 1 amide bonds. The van der Waals surface area contributed by atoms with Gasteiger partial charge in [-0.2, -0.15) is 0 Å². The molecular formula is C21H23N3O4S. The minimum Gasteiger partial charge on any atom is -0.497 e. The van der Waals surface area contributed by atoms with Crippen molar-refractivity contribution in [1.29, 1.82) is 0 Å². The monoisotopic (exact) mass is 413 g/mol. The first-order valence-corrected chi connectivity index (χ1v) is 10.5. The molecule has 1 aliphatic heterocycles. The molecule has 0 saturated carbocycles. The van der Waals surface area contributed by atoms with Crippen molar-refractivity contribution in [2.24, 2.45) is 5.92 Å². The van der Waals surface area contributed by atoms with E-state index in [2.05, 4.69) is 4.98 Å². The zero-order valence-corrected chi connectivity index (χ0v) is 17.3. The molecular weight excluding hydrogens is 390 g/mol. The Morgan fingerprint density at radius 1 is 1.24 bits per heavy atom. The second-order valence-corrected chi connectivity index (χ2v) is 7.97. The Kier molecular flexibility index (Phi) is 5.53. The van der Waals surface area contributed by atoms with Crippen molar-refractivity contribution in [2.45, 2.75) is 19.8 Å². The van der Waals surface area contributed by atoms with E-state index < -0.39 is 0 Å². The Balaban J connectivity index is 1.45. The molecule has 8 heteroatoms. The molecule has 7 nitrogen and oxygen atoms in total. The Bertz CT molecular complexity index is 1000. The van der Waals surface area contributed by atoms with E-state index in [9.17, 15) is 9.59 Å². The number of hydrogen-bond acceptors (Lipinski definition) is 6. The molecule has 0 radical (unpaired) electrons. The molecule has 0 unspecified atom stereocenters. The fourth-order valence-corrected chi connectivity index (χ4v) is 4.51. The van der Waals surface area contributed by atoms with Crippen LogP contribution in [0.25, 0.3) is 15.4 Å². The average molecular weight is 413 g/mol. The SMILES string of the molecule is CCOC(=O)C1CCN(C(=O)c2cn3cc(-c4cccc(OC)c4)sc3n2)CC1. The van der Waals surface area contributed by atoms with Gasteiger partial charge in [-0.25, -0.2) is 4.98 Å². The second kappa shape index (κ2) is 8.24. The molecule has 1 aliphatic rings. The molecule has 0 spiro atoms. The van der Waals surface area contributed by atoms with Crippen LogP contribution in [0, 0.1) is 5.92 Å². The van der Waals surface area contributed by atoms with Crippen LogP contribution >= 0.6 is 11.3 Å². The number of nitrogens with zero attached hydrogens (tertiary/aromatic N) is 3. The van der Waals surface area contributed by atoms with Gasteiger partial charge in [0, 0.05) is 25.5 Å². The molecule has 0 bridgehead atoms. The van der Waals surface area contributed by atoms with E-state index in [0.29, 0.717) is 38.2 Å². The number of carbonyl (C=O) groups is 2. The lowest BCUT2D eigenvalue weighted by molar-refractivity contribution is -0.149. The number of carbonyl (C=O) groups excluding carboxylic acids is 2. The number of benzene rings is 1. The van der Waals surface area contributed by atoms with Crippen molar-refractivity contribution in [1.82, 2.24) is 14.3 Å². The van der Waals surface area contributed by atoms with Gasteiger partial charge in [-0.1, -0.05) is 23.5 Å². The van der Waals surface area contributed by atoms with Crippen molar-refractivity contribution in [3.8, 4) is 16.2 Å². The third kappa shape index (κ3) is 3.98. The second-order valence-electron chi connectivity index (χ2n) is 6.96. The minimum absolute atomic E-state index is 0.0915. The summed E-state index contributed by atoms with van der Waals surface area (Å²) in [6, 6.07) is 7.86. The number of imidazole rings is 1. The van der Waals surface area contributed by atoms with Gasteiger partial charge >= 0.3 is 5.97 Å². The fourth-order valence-electron chi connectivity index (χ4n) is 3.55. The maximum Gasteiger partial charge on any atom is 0.309 e. The molecule has 29 heavy (non-hydrogen) atoms. The molecule has 1 aromatic carbocycles. The van der Waals surface area contributed by atoms with Crippen molar-refractivity contribution in [2.75, 3.05) is 26.8 Å². The van der Waals surface area contributed by atoms with Gasteiger partial charge in [0.1, 0.15) is 11.4 Å². The minimum atomic E-state index is -0.160. The molecule has 0 atom stereocenters. The lowest BCUT2D eigenvalue weighted by Crippen LogP contribution is -2.40. The van der Waals surface area contributed by atoms with Gasteiger partial charge in [-0.05, 0) is 37.5 Å². The Hall–Kier alpha value is -2.87. The summed E-state index contributed by atoms with van der Waals surface area (Å²) in [5.74, 6) is 0.434. The number of fused-ring (bicyclic) bond motifs is 1. The number of piperidine rings is 1. The summed E-state index contributed by atoms with van der Waals surface area (Å²) in [6.07, 6.45) is 5.01. The highest BCUT2D eigenvalue weighted by atomic mass is 32.1. The summed E-state index contributed by atoms with van der Waals surface area (Å²) in [6.45, 7) is 3.28. The smallest absolute Gasteiger partial charge is 0.309 e. The number of aromatic nitrogens is 2. The van der Waals surface area contributed by atoms with Crippen molar-refractivity contribution in [3.63, 3.8) is 0 Å². The Morgan fingerprint density at radius 3 is 2.72 bits per heavy atom. The van der Waals surface area contributed by atoms with E-state index in [-0.39, 0.29) is 17.8 Å². The molecule has 3 heterocycles. The number of amides is 1. The molecule has 0 aliphatic carbocycles. The van der Waals surface area contributed by atoms with Crippen LogP contribution in [0.15, 0.2) is 36.7 Å². The van der Waals surface area contributed by atoms with Crippen LogP contribution in [-0.2, 0) is 9.53 Å². The molecule has 0 N–H and O–H groups in total. The van der Waals surface area contributed by atoms with Crippen molar-refractivity contribution < 1.29 is 19.1 Å². The summed E-state index contributed by atoms with van der Waals surface area (Å²) >= 11 is 1.53. The maximum atomic E-state index is 12.8. The van der Waals surface area contributed by atoms with E-state index in [0.717, 1.165) is 21.2 Å². The topological polar surface area (TPSA) is 73.1 Å². The lowest BCUT2D eigenvalue weighted by atomic mass is 9.97. The van der Waals surface area contributed by atoms with Gasteiger partial charge in [0.05, 0.1) is 24.5 Å². The van der Waals surface area contributed by atoms with Gasteiger partial charge in [0.25, 0.3) is 5.91 Å². The third-order valence-corrected chi connectivity index (χ3v) is 6.18. The van der Waals surface area contributed by atoms with Crippen molar-refractivity contribution in [3.05, 3.63) is 42.4 Å². The Labute approximate surface area is 172 Å². The first kappa shape index (κ1) is 19.4. The van der Waals surface area contributed by atoms with E-state index in [1.807, 2.05) is 34.9 Å². The number of ether oxygens (including phenoxy) is 2. The fraction of sp³-hybridized carbons (Fsp3) is 0.381. The van der Waals surface area contributed by atoms with Crippen LogP contribution < -0.4 is 4.74 Å². The summed E-state index contributed by atoms with van der Waals surface area (Å²) in [5.41, 5.74) is 1.48.